The lowest BCUT2D eigenvalue weighted by Gasteiger charge is -2.66. The molecule has 4 atom stereocenters. The van der Waals surface area contributed by atoms with Crippen molar-refractivity contribution in [2.45, 2.75) is 57.3 Å². The number of Topliss-reactive ketones (excluding diaryl/α,β-unsaturated/α-hetero) is 1. The molecule has 0 amide bonds. The summed E-state index contributed by atoms with van der Waals surface area (Å²) in [5, 5.41) is 0. The topological polar surface area (TPSA) is 17.1 Å². The van der Waals surface area contributed by atoms with Crippen LogP contribution in [0.2, 0.25) is 0 Å². The summed E-state index contributed by atoms with van der Waals surface area (Å²) in [4.78, 5) is 12.5. The van der Waals surface area contributed by atoms with E-state index in [0.717, 1.165) is 32.1 Å². The van der Waals surface area contributed by atoms with Gasteiger partial charge in [-0.15, -0.1) is 0 Å². The molecule has 2 heteroatoms. The first-order chi connectivity index (χ1) is 10.5. The average molecular weight is 300 g/mol. The predicted molar refractivity (Wildman–Crippen MR) is 85.5 cm³/mol. The molecule has 1 nitrogen and oxygen atoms in total. The van der Waals surface area contributed by atoms with Gasteiger partial charge in [0.2, 0.25) is 0 Å². The summed E-state index contributed by atoms with van der Waals surface area (Å²) in [5.74, 6) is 0.951. The minimum atomic E-state index is -0.244. The molecule has 4 saturated carbocycles. The van der Waals surface area contributed by atoms with E-state index in [1.165, 1.54) is 12.0 Å². The number of hydrogen-bond donors (Lipinski definition) is 0. The highest BCUT2D eigenvalue weighted by Gasteiger charge is 2.64. The van der Waals surface area contributed by atoms with Crippen molar-refractivity contribution in [2.75, 3.05) is 6.67 Å². The van der Waals surface area contributed by atoms with Gasteiger partial charge in [-0.1, -0.05) is 30.3 Å². The molecule has 0 heterocycles. The molecule has 0 saturated heterocycles. The summed E-state index contributed by atoms with van der Waals surface area (Å²) in [6, 6.07) is 10.7. The van der Waals surface area contributed by atoms with Crippen molar-refractivity contribution in [2.24, 2.45) is 16.7 Å². The van der Waals surface area contributed by atoms with E-state index in [1.807, 2.05) is 0 Å². The lowest BCUT2D eigenvalue weighted by atomic mass is 9.37. The van der Waals surface area contributed by atoms with Crippen molar-refractivity contribution in [1.29, 1.82) is 0 Å². The molecule has 4 aliphatic carbocycles. The van der Waals surface area contributed by atoms with Gasteiger partial charge in [0.1, 0.15) is 5.78 Å². The second-order valence-corrected chi connectivity index (χ2v) is 8.43. The predicted octanol–water partition coefficient (Wildman–Crippen LogP) is 4.84. The number of rotatable bonds is 4. The lowest BCUT2D eigenvalue weighted by Crippen LogP contribution is -2.60. The zero-order valence-electron chi connectivity index (χ0n) is 13.4. The molecule has 5 rings (SSSR count). The standard InChI is InChI=1S/C20H25FO/c1-15(22)19-10-16-9-18(12-19,7-8-21)13-20(11-16,14-19)17-5-3-2-4-6-17/h2-6,16H,7-14H2,1H3/t16?,18-,19?,20+/m0/s1. The van der Waals surface area contributed by atoms with Gasteiger partial charge < -0.3 is 0 Å². The largest absolute Gasteiger partial charge is 0.299 e. The van der Waals surface area contributed by atoms with Crippen LogP contribution < -0.4 is 0 Å². The van der Waals surface area contributed by atoms with Crippen molar-refractivity contribution in [3.63, 3.8) is 0 Å². The summed E-state index contributed by atoms with van der Waals surface area (Å²) < 4.78 is 13.3. The minimum Gasteiger partial charge on any atom is -0.299 e. The fourth-order valence-corrected chi connectivity index (χ4v) is 6.62. The van der Waals surface area contributed by atoms with E-state index in [2.05, 4.69) is 30.3 Å². The SMILES string of the molecule is CC(=O)C12CC3C[C@@](CCF)(C1)C[C@](c1ccccc1)(C3)C2. The second-order valence-electron chi connectivity index (χ2n) is 8.43. The molecule has 0 spiro atoms. The molecule has 0 aromatic heterocycles. The lowest BCUT2D eigenvalue weighted by molar-refractivity contribution is -0.160. The van der Waals surface area contributed by atoms with Gasteiger partial charge in [0.15, 0.2) is 0 Å². The molecule has 4 bridgehead atoms. The van der Waals surface area contributed by atoms with Crippen LogP contribution in [0.1, 0.15) is 57.4 Å². The summed E-state index contributed by atoms with van der Waals surface area (Å²) in [6.07, 6.45) is 7.03. The second kappa shape index (κ2) is 4.66. The maximum atomic E-state index is 13.3. The first-order valence-electron chi connectivity index (χ1n) is 8.64. The maximum Gasteiger partial charge on any atom is 0.136 e. The highest BCUT2D eigenvalue weighted by molar-refractivity contribution is 5.83. The van der Waals surface area contributed by atoms with Crippen molar-refractivity contribution >= 4 is 5.78 Å². The molecule has 1 aromatic carbocycles. The van der Waals surface area contributed by atoms with Crippen LogP contribution in [-0.2, 0) is 10.2 Å². The van der Waals surface area contributed by atoms with Gasteiger partial charge in [0.05, 0.1) is 6.67 Å². The Hall–Kier alpha value is -1.18. The Balaban J connectivity index is 1.83. The van der Waals surface area contributed by atoms with Crippen LogP contribution in [0.5, 0.6) is 0 Å². The first-order valence-corrected chi connectivity index (χ1v) is 8.64. The van der Waals surface area contributed by atoms with Gasteiger partial charge >= 0.3 is 0 Å². The van der Waals surface area contributed by atoms with Crippen molar-refractivity contribution in [3.8, 4) is 0 Å². The fraction of sp³-hybridized carbons (Fsp3) is 0.650. The number of halogens is 1. The van der Waals surface area contributed by atoms with Gasteiger partial charge in [-0.05, 0) is 74.2 Å². The first kappa shape index (κ1) is 14.4. The monoisotopic (exact) mass is 300 g/mol. The molecule has 118 valence electrons. The zero-order valence-corrected chi connectivity index (χ0v) is 13.4. The highest BCUT2D eigenvalue weighted by Crippen LogP contribution is 2.71. The maximum absolute atomic E-state index is 13.3. The Labute approximate surface area is 132 Å². The summed E-state index contributed by atoms with van der Waals surface area (Å²) in [6.45, 7) is 1.53. The Morgan fingerprint density at radius 1 is 1.14 bits per heavy atom. The van der Waals surface area contributed by atoms with Crippen LogP contribution in [0, 0.1) is 16.7 Å². The Bertz CT molecular complexity index is 597. The van der Waals surface area contributed by atoms with Crippen LogP contribution in [0.15, 0.2) is 30.3 Å². The van der Waals surface area contributed by atoms with E-state index in [4.69, 9.17) is 0 Å². The van der Waals surface area contributed by atoms with Crippen LogP contribution in [0.3, 0.4) is 0 Å². The summed E-state index contributed by atoms with van der Waals surface area (Å²) >= 11 is 0. The molecule has 2 unspecified atom stereocenters. The van der Waals surface area contributed by atoms with E-state index in [0.29, 0.717) is 18.1 Å². The van der Waals surface area contributed by atoms with Gasteiger partial charge in [-0.2, -0.15) is 0 Å². The van der Waals surface area contributed by atoms with Gasteiger partial charge in [-0.3, -0.25) is 9.18 Å². The Morgan fingerprint density at radius 3 is 2.59 bits per heavy atom. The average Bonchev–Trinajstić information content (AvgIpc) is 2.46. The van der Waals surface area contributed by atoms with Crippen LogP contribution in [-0.4, -0.2) is 12.5 Å². The van der Waals surface area contributed by atoms with Gasteiger partial charge in [0.25, 0.3) is 0 Å². The molecule has 4 fully saturated rings. The van der Waals surface area contributed by atoms with E-state index >= 15 is 0 Å². The third kappa shape index (κ3) is 1.92. The van der Waals surface area contributed by atoms with Crippen molar-refractivity contribution in [3.05, 3.63) is 35.9 Å². The molecule has 0 radical (unpaired) electrons. The molecule has 22 heavy (non-hydrogen) atoms. The number of benzene rings is 1. The molecular weight excluding hydrogens is 275 g/mol. The molecular formula is C20H25FO. The molecule has 4 aliphatic rings. The summed E-state index contributed by atoms with van der Waals surface area (Å²) in [7, 11) is 0. The third-order valence-electron chi connectivity index (χ3n) is 6.94. The van der Waals surface area contributed by atoms with Crippen LogP contribution in [0.25, 0.3) is 0 Å². The highest BCUT2D eigenvalue weighted by atomic mass is 19.1. The smallest absolute Gasteiger partial charge is 0.136 e. The number of ketones is 1. The Morgan fingerprint density at radius 2 is 1.91 bits per heavy atom. The van der Waals surface area contributed by atoms with Crippen molar-refractivity contribution in [1.82, 2.24) is 0 Å². The van der Waals surface area contributed by atoms with E-state index in [1.54, 1.807) is 6.92 Å². The number of carbonyl (C=O) groups excluding carboxylic acids is 1. The number of carbonyl (C=O) groups is 1. The number of alkyl halides is 1. The number of hydrogen-bond acceptors (Lipinski definition) is 1. The van der Waals surface area contributed by atoms with Crippen LogP contribution >= 0.6 is 0 Å². The van der Waals surface area contributed by atoms with E-state index < -0.39 is 0 Å². The normalized spacial score (nSPS) is 42.5. The Kier molecular flexibility index (Phi) is 3.05. The van der Waals surface area contributed by atoms with Crippen molar-refractivity contribution < 1.29 is 9.18 Å². The molecule has 0 N–H and O–H groups in total. The van der Waals surface area contributed by atoms with Gasteiger partial charge in [0, 0.05) is 5.41 Å². The van der Waals surface area contributed by atoms with Crippen LogP contribution in [0.4, 0.5) is 4.39 Å². The fourth-order valence-electron chi connectivity index (χ4n) is 6.62. The zero-order chi connectivity index (χ0) is 15.4. The molecule has 0 aliphatic heterocycles. The molecule has 1 aromatic rings. The van der Waals surface area contributed by atoms with Gasteiger partial charge in [-0.25, -0.2) is 0 Å². The quantitative estimate of drug-likeness (QED) is 0.777. The van der Waals surface area contributed by atoms with E-state index in [9.17, 15) is 9.18 Å². The third-order valence-corrected chi connectivity index (χ3v) is 6.94. The summed E-state index contributed by atoms with van der Waals surface area (Å²) in [5.41, 5.74) is 1.38. The minimum absolute atomic E-state index is 0.0652. The van der Waals surface area contributed by atoms with E-state index in [-0.39, 0.29) is 22.9 Å².